The van der Waals surface area contributed by atoms with E-state index in [1.54, 1.807) is 0 Å². The number of hydrogen-bond donors (Lipinski definition) is 1. The first kappa shape index (κ1) is 14.8. The van der Waals surface area contributed by atoms with E-state index in [1.165, 1.54) is 59.6 Å². The fourth-order valence-electron chi connectivity index (χ4n) is 3.20. The molecule has 0 unspecified atom stereocenters. The molecule has 0 fully saturated rings. The Bertz CT molecular complexity index is 865. The molecular weight excluding hydrogens is 324 g/mol. The molecule has 1 aliphatic carbocycles. The van der Waals surface area contributed by atoms with E-state index in [1.807, 2.05) is 17.5 Å². The molecule has 0 saturated carbocycles. The molecule has 2 N–H and O–H groups in total. The quantitative estimate of drug-likeness (QED) is 0.679. The normalized spacial score (nSPS) is 15.1. The molecule has 23 heavy (non-hydrogen) atoms. The van der Waals surface area contributed by atoms with E-state index in [0.717, 1.165) is 27.9 Å². The number of fused-ring (bicyclic) bond motifs is 2. The Kier molecular flexibility index (Phi) is 3.91. The Morgan fingerprint density at radius 3 is 2.78 bits per heavy atom. The van der Waals surface area contributed by atoms with Gasteiger partial charge in [-0.25, -0.2) is 4.98 Å². The van der Waals surface area contributed by atoms with Crippen molar-refractivity contribution < 1.29 is 4.79 Å². The Morgan fingerprint density at radius 1 is 1.17 bits per heavy atom. The molecule has 0 aliphatic heterocycles. The van der Waals surface area contributed by atoms with E-state index in [0.29, 0.717) is 10.6 Å². The van der Waals surface area contributed by atoms with E-state index in [9.17, 15) is 4.79 Å². The predicted molar refractivity (Wildman–Crippen MR) is 97.7 cm³/mol. The number of pyridine rings is 1. The first-order valence-electron chi connectivity index (χ1n) is 8.03. The third-order valence-corrected chi connectivity index (χ3v) is 6.43. The van der Waals surface area contributed by atoms with Gasteiger partial charge in [-0.15, -0.1) is 22.7 Å². The monoisotopic (exact) mass is 342 g/mol. The lowest BCUT2D eigenvalue weighted by atomic mass is 9.96. The highest BCUT2D eigenvalue weighted by Crippen LogP contribution is 2.36. The summed E-state index contributed by atoms with van der Waals surface area (Å²) in [7, 11) is 0. The van der Waals surface area contributed by atoms with Crippen molar-refractivity contribution in [1.82, 2.24) is 4.98 Å². The maximum Gasteiger partial charge on any atom is 0.215 e. The van der Waals surface area contributed by atoms with Crippen LogP contribution in [0.2, 0.25) is 0 Å². The highest BCUT2D eigenvalue weighted by molar-refractivity contribution is 7.22. The van der Waals surface area contributed by atoms with Crippen molar-refractivity contribution in [1.29, 1.82) is 0 Å². The molecule has 3 aromatic rings. The maximum atomic E-state index is 12.6. The molecule has 1 aliphatic rings. The number of anilines is 1. The lowest BCUT2D eigenvalue weighted by molar-refractivity contribution is 0.104. The number of aromatic nitrogens is 1. The minimum absolute atomic E-state index is 0.0212. The smallest absolute Gasteiger partial charge is 0.215 e. The minimum Gasteiger partial charge on any atom is -0.397 e. The van der Waals surface area contributed by atoms with Gasteiger partial charge in [-0.05, 0) is 48.8 Å². The van der Waals surface area contributed by atoms with Crippen LogP contribution in [0.3, 0.4) is 0 Å². The van der Waals surface area contributed by atoms with Crippen molar-refractivity contribution in [2.75, 3.05) is 5.73 Å². The van der Waals surface area contributed by atoms with Crippen LogP contribution in [0, 0.1) is 0 Å². The second kappa shape index (κ2) is 6.06. The first-order chi connectivity index (χ1) is 11.2. The third-order valence-electron chi connectivity index (χ3n) is 4.45. The number of carbonyl (C=O) groups is 1. The van der Waals surface area contributed by atoms with E-state index in [2.05, 4.69) is 6.07 Å². The highest BCUT2D eigenvalue weighted by Gasteiger charge is 2.21. The molecule has 118 valence electrons. The van der Waals surface area contributed by atoms with Gasteiger partial charge in [0, 0.05) is 11.1 Å². The van der Waals surface area contributed by atoms with Crippen molar-refractivity contribution in [3.8, 4) is 0 Å². The molecule has 3 aromatic heterocycles. The number of nitrogen functional groups attached to an aromatic ring is 1. The van der Waals surface area contributed by atoms with Crippen LogP contribution >= 0.6 is 22.7 Å². The molecule has 0 amide bonds. The molecule has 5 heteroatoms. The number of nitrogens with two attached hydrogens (primary N) is 1. The van der Waals surface area contributed by atoms with Crippen LogP contribution in [0.1, 0.15) is 51.5 Å². The summed E-state index contributed by atoms with van der Waals surface area (Å²) in [6.45, 7) is 0. The van der Waals surface area contributed by atoms with Gasteiger partial charge in [-0.3, -0.25) is 4.79 Å². The van der Waals surface area contributed by atoms with Gasteiger partial charge in [-0.2, -0.15) is 0 Å². The summed E-state index contributed by atoms with van der Waals surface area (Å²) in [5.74, 6) is 0.0212. The molecule has 3 heterocycles. The SMILES string of the molecule is Nc1c(C(=O)c2cccs2)sc2nc3c(cc12)CCCCCC3. The number of nitrogens with zero attached hydrogens (tertiary/aromatic N) is 1. The molecular formula is C18H18N2OS2. The van der Waals surface area contributed by atoms with Gasteiger partial charge in [0.1, 0.15) is 9.71 Å². The molecule has 0 spiro atoms. The van der Waals surface area contributed by atoms with Crippen molar-refractivity contribution >= 4 is 44.4 Å². The number of ketones is 1. The topological polar surface area (TPSA) is 56.0 Å². The number of hydrogen-bond acceptors (Lipinski definition) is 5. The lowest BCUT2D eigenvalue weighted by Crippen LogP contribution is -2.02. The predicted octanol–water partition coefficient (Wildman–Crippen LogP) is 4.83. The second-order valence-electron chi connectivity index (χ2n) is 6.01. The summed E-state index contributed by atoms with van der Waals surface area (Å²) in [5, 5.41) is 2.87. The van der Waals surface area contributed by atoms with Gasteiger partial charge in [0.25, 0.3) is 0 Å². The van der Waals surface area contributed by atoms with Crippen LogP contribution in [-0.2, 0) is 12.8 Å². The Balaban J connectivity index is 1.82. The zero-order valence-corrected chi connectivity index (χ0v) is 14.4. The van der Waals surface area contributed by atoms with Gasteiger partial charge in [0.15, 0.2) is 0 Å². The molecule has 0 saturated heterocycles. The standard InChI is InChI=1S/C18H18N2OS2/c19-15-12-10-11-6-3-1-2-4-7-13(11)20-18(12)23-17(15)16(21)14-8-5-9-22-14/h5,8-10H,1-4,6-7,19H2. The molecule has 4 rings (SSSR count). The Morgan fingerprint density at radius 2 is 2.00 bits per heavy atom. The molecule has 0 radical (unpaired) electrons. The van der Waals surface area contributed by atoms with Gasteiger partial charge in [-0.1, -0.05) is 18.9 Å². The molecule has 0 atom stereocenters. The summed E-state index contributed by atoms with van der Waals surface area (Å²) in [6, 6.07) is 5.93. The number of rotatable bonds is 2. The lowest BCUT2D eigenvalue weighted by Gasteiger charge is -2.12. The van der Waals surface area contributed by atoms with Crippen molar-refractivity contribution in [3.63, 3.8) is 0 Å². The van der Waals surface area contributed by atoms with Crippen molar-refractivity contribution in [2.24, 2.45) is 0 Å². The van der Waals surface area contributed by atoms with E-state index in [4.69, 9.17) is 10.7 Å². The number of thiophene rings is 2. The summed E-state index contributed by atoms with van der Waals surface area (Å²) in [6.07, 6.45) is 7.10. The Hall–Kier alpha value is -1.72. The summed E-state index contributed by atoms with van der Waals surface area (Å²) < 4.78 is 0. The molecule has 0 bridgehead atoms. The second-order valence-corrected chi connectivity index (χ2v) is 7.96. The summed E-state index contributed by atoms with van der Waals surface area (Å²) >= 11 is 2.89. The van der Waals surface area contributed by atoms with Gasteiger partial charge < -0.3 is 5.73 Å². The van der Waals surface area contributed by atoms with E-state index >= 15 is 0 Å². The van der Waals surface area contributed by atoms with Crippen LogP contribution < -0.4 is 5.73 Å². The summed E-state index contributed by atoms with van der Waals surface area (Å²) in [4.78, 5) is 19.8. The minimum atomic E-state index is 0.0212. The fraction of sp³-hybridized carbons (Fsp3) is 0.333. The average Bonchev–Trinajstić information content (AvgIpc) is 3.16. The molecule has 0 aromatic carbocycles. The summed E-state index contributed by atoms with van der Waals surface area (Å²) in [5.41, 5.74) is 9.42. The zero-order chi connectivity index (χ0) is 15.8. The fourth-order valence-corrected chi connectivity index (χ4v) is 4.99. The van der Waals surface area contributed by atoms with Crippen LogP contribution in [0.15, 0.2) is 23.6 Å². The van der Waals surface area contributed by atoms with Crippen LogP contribution in [0.25, 0.3) is 10.2 Å². The number of carbonyl (C=O) groups excluding carboxylic acids is 1. The maximum absolute atomic E-state index is 12.6. The van der Waals surface area contributed by atoms with E-state index < -0.39 is 0 Å². The van der Waals surface area contributed by atoms with Gasteiger partial charge >= 0.3 is 0 Å². The molecule has 3 nitrogen and oxygen atoms in total. The van der Waals surface area contributed by atoms with Crippen molar-refractivity contribution in [2.45, 2.75) is 38.5 Å². The highest BCUT2D eigenvalue weighted by atomic mass is 32.1. The zero-order valence-electron chi connectivity index (χ0n) is 12.8. The first-order valence-corrected chi connectivity index (χ1v) is 9.72. The Labute approximate surface area is 143 Å². The van der Waals surface area contributed by atoms with Crippen LogP contribution in [0.5, 0.6) is 0 Å². The van der Waals surface area contributed by atoms with Gasteiger partial charge in [0.2, 0.25) is 5.78 Å². The van der Waals surface area contributed by atoms with Crippen molar-refractivity contribution in [3.05, 3.63) is 44.6 Å². The third kappa shape index (κ3) is 2.68. The van der Waals surface area contributed by atoms with Crippen LogP contribution in [0.4, 0.5) is 5.69 Å². The average molecular weight is 342 g/mol. The van der Waals surface area contributed by atoms with Gasteiger partial charge in [0.05, 0.1) is 10.6 Å². The number of aryl methyl sites for hydroxylation is 2. The van der Waals surface area contributed by atoms with E-state index in [-0.39, 0.29) is 5.78 Å². The van der Waals surface area contributed by atoms with Crippen LogP contribution in [-0.4, -0.2) is 10.8 Å². The largest absolute Gasteiger partial charge is 0.397 e.